The van der Waals surface area contributed by atoms with Gasteiger partial charge in [-0.3, -0.25) is 4.79 Å². The van der Waals surface area contributed by atoms with Crippen LogP contribution in [0.5, 0.6) is 0 Å². The lowest BCUT2D eigenvalue weighted by Gasteiger charge is -2.18. The van der Waals surface area contributed by atoms with E-state index in [0.717, 1.165) is 19.5 Å². The third-order valence-corrected chi connectivity index (χ3v) is 3.48. The van der Waals surface area contributed by atoms with Crippen LogP contribution in [0.25, 0.3) is 0 Å². The van der Waals surface area contributed by atoms with Crippen molar-refractivity contribution in [3.63, 3.8) is 0 Å². The zero-order chi connectivity index (χ0) is 12.4. The van der Waals surface area contributed by atoms with Gasteiger partial charge in [-0.1, -0.05) is 24.3 Å². The summed E-state index contributed by atoms with van der Waals surface area (Å²) in [6, 6.07) is 7.03. The van der Waals surface area contributed by atoms with E-state index in [1.54, 1.807) is 24.3 Å². The fourth-order valence-corrected chi connectivity index (χ4v) is 2.52. The highest BCUT2D eigenvalue weighted by molar-refractivity contribution is 5.95. The molecule has 17 heavy (non-hydrogen) atoms. The van der Waals surface area contributed by atoms with Crippen LogP contribution >= 0.6 is 0 Å². The van der Waals surface area contributed by atoms with E-state index in [-0.39, 0.29) is 11.7 Å². The number of nitrogens with zero attached hydrogens (tertiary/aromatic N) is 1. The first kappa shape index (κ1) is 12.2. The molecule has 0 amide bonds. The summed E-state index contributed by atoms with van der Waals surface area (Å²) in [6.45, 7) is 3.20. The molecule has 2 nitrogen and oxygen atoms in total. The molecule has 0 bridgehead atoms. The molecule has 1 fully saturated rings. The van der Waals surface area contributed by atoms with Gasteiger partial charge in [0.2, 0.25) is 0 Å². The fourth-order valence-electron chi connectivity index (χ4n) is 2.52. The van der Waals surface area contributed by atoms with Crippen LogP contribution in [0.4, 0.5) is 4.39 Å². The zero-order valence-corrected chi connectivity index (χ0v) is 10.3. The highest BCUT2D eigenvalue weighted by Gasteiger charge is 2.30. The van der Waals surface area contributed by atoms with Gasteiger partial charge in [0.15, 0.2) is 5.78 Å². The maximum atomic E-state index is 14.5. The van der Waals surface area contributed by atoms with Gasteiger partial charge >= 0.3 is 0 Å². The third-order valence-electron chi connectivity index (χ3n) is 3.48. The number of rotatable bonds is 3. The van der Waals surface area contributed by atoms with Crippen LogP contribution in [0.2, 0.25) is 0 Å². The SMILES string of the molecule is CC(=O)c1ccccc1C(F)C1CCN(C)C1. The minimum absolute atomic E-state index is 0.0144. The number of carbonyl (C=O) groups excluding carboxylic acids is 1. The monoisotopic (exact) mass is 235 g/mol. The van der Waals surface area contributed by atoms with E-state index in [0.29, 0.717) is 11.1 Å². The summed E-state index contributed by atoms with van der Waals surface area (Å²) < 4.78 is 14.5. The largest absolute Gasteiger partial charge is 0.306 e. The van der Waals surface area contributed by atoms with Gasteiger partial charge in [-0.2, -0.15) is 0 Å². The minimum Gasteiger partial charge on any atom is -0.306 e. The highest BCUT2D eigenvalue weighted by atomic mass is 19.1. The summed E-state index contributed by atoms with van der Waals surface area (Å²) in [5.74, 6) is -0.0462. The molecule has 2 unspecified atom stereocenters. The van der Waals surface area contributed by atoms with Crippen molar-refractivity contribution >= 4 is 5.78 Å². The molecule has 1 aromatic carbocycles. The summed E-state index contributed by atoms with van der Waals surface area (Å²) >= 11 is 0. The number of carbonyl (C=O) groups is 1. The zero-order valence-electron chi connectivity index (χ0n) is 10.3. The molecule has 0 spiro atoms. The molecule has 0 saturated carbocycles. The van der Waals surface area contributed by atoms with E-state index in [9.17, 15) is 9.18 Å². The summed E-state index contributed by atoms with van der Waals surface area (Å²) in [5.41, 5.74) is 1.08. The Kier molecular flexibility index (Phi) is 3.57. The van der Waals surface area contributed by atoms with Crippen molar-refractivity contribution < 1.29 is 9.18 Å². The molecule has 1 aliphatic heterocycles. The number of benzene rings is 1. The quantitative estimate of drug-likeness (QED) is 0.751. The molecule has 0 radical (unpaired) electrons. The molecule has 2 rings (SSSR count). The van der Waals surface area contributed by atoms with Gasteiger partial charge in [0.25, 0.3) is 0 Å². The Morgan fingerprint density at radius 1 is 1.47 bits per heavy atom. The molecule has 1 saturated heterocycles. The van der Waals surface area contributed by atoms with Crippen LogP contribution in [0.15, 0.2) is 24.3 Å². The number of Topliss-reactive ketones (excluding diaryl/α,β-unsaturated/α-hetero) is 1. The second kappa shape index (κ2) is 4.96. The molecule has 1 heterocycles. The maximum absolute atomic E-state index is 14.5. The number of alkyl halides is 1. The van der Waals surface area contributed by atoms with Crippen LogP contribution < -0.4 is 0 Å². The average molecular weight is 235 g/mol. The Hall–Kier alpha value is -1.22. The van der Waals surface area contributed by atoms with Crippen molar-refractivity contribution in [3.8, 4) is 0 Å². The Bertz CT molecular complexity index is 418. The lowest BCUT2D eigenvalue weighted by Crippen LogP contribution is -2.17. The number of halogens is 1. The number of hydrogen-bond donors (Lipinski definition) is 0. The van der Waals surface area contributed by atoms with Gasteiger partial charge in [0.05, 0.1) is 0 Å². The Morgan fingerprint density at radius 3 is 2.76 bits per heavy atom. The van der Waals surface area contributed by atoms with Crippen LogP contribution in [0.1, 0.15) is 35.4 Å². The third kappa shape index (κ3) is 2.55. The second-order valence-corrected chi connectivity index (χ2v) is 4.86. The van der Waals surface area contributed by atoms with Gasteiger partial charge < -0.3 is 4.90 Å². The molecule has 0 N–H and O–H groups in total. The summed E-state index contributed by atoms with van der Waals surface area (Å²) in [4.78, 5) is 13.6. The summed E-state index contributed by atoms with van der Waals surface area (Å²) in [7, 11) is 2.00. The first-order valence-electron chi connectivity index (χ1n) is 6.02. The van der Waals surface area contributed by atoms with E-state index in [1.165, 1.54) is 6.92 Å². The first-order valence-corrected chi connectivity index (χ1v) is 6.02. The first-order chi connectivity index (χ1) is 8.09. The van der Waals surface area contributed by atoms with E-state index in [1.807, 2.05) is 7.05 Å². The van der Waals surface area contributed by atoms with Crippen molar-refractivity contribution in [1.29, 1.82) is 0 Å². The molecule has 0 aliphatic carbocycles. The predicted molar refractivity (Wildman–Crippen MR) is 65.9 cm³/mol. The minimum atomic E-state index is -1.03. The molecule has 0 aromatic heterocycles. The molecule has 2 atom stereocenters. The van der Waals surface area contributed by atoms with E-state index < -0.39 is 6.17 Å². The van der Waals surface area contributed by atoms with Gasteiger partial charge in [0, 0.05) is 18.0 Å². The van der Waals surface area contributed by atoms with Crippen LogP contribution in [0, 0.1) is 5.92 Å². The summed E-state index contributed by atoms with van der Waals surface area (Å²) in [5, 5.41) is 0. The molecule has 1 aromatic rings. The number of hydrogen-bond acceptors (Lipinski definition) is 2. The van der Waals surface area contributed by atoms with Crippen LogP contribution in [0.3, 0.4) is 0 Å². The van der Waals surface area contributed by atoms with Crippen molar-refractivity contribution in [3.05, 3.63) is 35.4 Å². The van der Waals surface area contributed by atoms with E-state index >= 15 is 0 Å². The van der Waals surface area contributed by atoms with Crippen LogP contribution in [-0.4, -0.2) is 30.8 Å². The molecule has 92 valence electrons. The second-order valence-electron chi connectivity index (χ2n) is 4.86. The topological polar surface area (TPSA) is 20.3 Å². The molecule has 1 aliphatic rings. The molecular formula is C14H18FNO. The maximum Gasteiger partial charge on any atom is 0.160 e. The van der Waals surface area contributed by atoms with Crippen LogP contribution in [-0.2, 0) is 0 Å². The average Bonchev–Trinajstić information content (AvgIpc) is 2.75. The number of likely N-dealkylation sites (tertiary alicyclic amines) is 1. The van der Waals surface area contributed by atoms with Gasteiger partial charge in [-0.15, -0.1) is 0 Å². The number of ketones is 1. The molecular weight excluding hydrogens is 217 g/mol. The predicted octanol–water partition coefficient (Wildman–Crippen LogP) is 2.85. The van der Waals surface area contributed by atoms with Crippen molar-refractivity contribution in [2.75, 3.05) is 20.1 Å². The van der Waals surface area contributed by atoms with Gasteiger partial charge in [-0.05, 0) is 32.5 Å². The van der Waals surface area contributed by atoms with E-state index in [2.05, 4.69) is 4.90 Å². The Morgan fingerprint density at radius 2 is 2.18 bits per heavy atom. The fraction of sp³-hybridized carbons (Fsp3) is 0.500. The summed E-state index contributed by atoms with van der Waals surface area (Å²) in [6.07, 6.45) is -0.163. The lowest BCUT2D eigenvalue weighted by atomic mass is 9.92. The normalized spacial score (nSPS) is 22.6. The van der Waals surface area contributed by atoms with E-state index in [4.69, 9.17) is 0 Å². The Labute approximate surface area is 101 Å². The standard InChI is InChI=1S/C14H18FNO/c1-10(17)12-5-3-4-6-13(12)14(15)11-7-8-16(2)9-11/h3-6,11,14H,7-9H2,1-2H3. The van der Waals surface area contributed by atoms with Gasteiger partial charge in [-0.25, -0.2) is 4.39 Å². The van der Waals surface area contributed by atoms with Crippen molar-refractivity contribution in [1.82, 2.24) is 4.90 Å². The van der Waals surface area contributed by atoms with Crippen molar-refractivity contribution in [2.45, 2.75) is 19.5 Å². The van der Waals surface area contributed by atoms with Crippen molar-refractivity contribution in [2.24, 2.45) is 5.92 Å². The van der Waals surface area contributed by atoms with Gasteiger partial charge in [0.1, 0.15) is 6.17 Å². The molecule has 3 heteroatoms. The lowest BCUT2D eigenvalue weighted by molar-refractivity contribution is 0.101. The Balaban J connectivity index is 2.24. The smallest absolute Gasteiger partial charge is 0.160 e. The highest BCUT2D eigenvalue weighted by Crippen LogP contribution is 2.34.